The van der Waals surface area contributed by atoms with Gasteiger partial charge in [-0.1, -0.05) is 18.2 Å². The minimum atomic E-state index is -4.16. The number of alkyl halides is 3. The van der Waals surface area contributed by atoms with Crippen LogP contribution in [-0.2, 0) is 0 Å². The fourth-order valence-electron chi connectivity index (χ4n) is 1.49. The van der Waals surface area contributed by atoms with Crippen LogP contribution in [0.4, 0.5) is 13.2 Å². The molecule has 1 aromatic carbocycles. The number of ether oxygens (including phenoxy) is 1. The lowest BCUT2D eigenvalue weighted by molar-refractivity contribution is -0.144. The highest BCUT2D eigenvalue weighted by atomic mass is 19.4. The second kappa shape index (κ2) is 6.49. The van der Waals surface area contributed by atoms with Gasteiger partial charge in [-0.15, -0.1) is 0 Å². The minimum Gasteiger partial charge on any atom is -0.494 e. The molecule has 0 saturated heterocycles. The Labute approximate surface area is 98.6 Å². The Morgan fingerprint density at radius 1 is 1.18 bits per heavy atom. The van der Waals surface area contributed by atoms with Gasteiger partial charge >= 0.3 is 6.18 Å². The summed E-state index contributed by atoms with van der Waals surface area (Å²) in [5.74, 6) is 0.0917. The van der Waals surface area contributed by atoms with Crippen molar-refractivity contribution in [1.29, 1.82) is 0 Å². The van der Waals surface area contributed by atoms with Crippen LogP contribution in [0.5, 0.6) is 5.75 Å². The number of halogens is 3. The van der Waals surface area contributed by atoms with E-state index in [1.54, 1.807) is 12.1 Å². The van der Waals surface area contributed by atoms with Gasteiger partial charge in [-0.2, -0.15) is 13.2 Å². The van der Waals surface area contributed by atoms with E-state index in [9.17, 15) is 13.2 Å². The Balaban J connectivity index is 2.29. The number of para-hydroxylation sites is 1. The Morgan fingerprint density at radius 3 is 2.35 bits per heavy atom. The van der Waals surface area contributed by atoms with Gasteiger partial charge in [0.2, 0.25) is 0 Å². The van der Waals surface area contributed by atoms with Gasteiger partial charge in [-0.25, -0.2) is 0 Å². The molecule has 1 aromatic rings. The predicted octanol–water partition coefficient (Wildman–Crippen LogP) is 2.98. The van der Waals surface area contributed by atoms with E-state index in [2.05, 4.69) is 0 Å². The summed E-state index contributed by atoms with van der Waals surface area (Å²) in [4.78, 5) is 0. The maximum Gasteiger partial charge on any atom is 0.389 e. The summed E-state index contributed by atoms with van der Waals surface area (Å²) < 4.78 is 41.8. The van der Waals surface area contributed by atoms with Crippen molar-refractivity contribution in [3.63, 3.8) is 0 Å². The molecule has 2 nitrogen and oxygen atoms in total. The number of hydrogen-bond donors (Lipinski definition) is 1. The van der Waals surface area contributed by atoms with Crippen molar-refractivity contribution in [3.8, 4) is 5.75 Å². The molecule has 0 aliphatic carbocycles. The summed E-state index contributed by atoms with van der Waals surface area (Å²) in [6, 6.07) is 9.00. The van der Waals surface area contributed by atoms with Crippen molar-refractivity contribution < 1.29 is 17.9 Å². The Kier molecular flexibility index (Phi) is 5.28. The molecule has 0 aliphatic rings. The van der Waals surface area contributed by atoms with Gasteiger partial charge in [0, 0.05) is 6.42 Å². The minimum absolute atomic E-state index is 0.0255. The molecule has 0 aliphatic heterocycles. The Morgan fingerprint density at radius 2 is 1.82 bits per heavy atom. The monoisotopic (exact) mass is 247 g/mol. The van der Waals surface area contributed by atoms with Crippen molar-refractivity contribution in [2.24, 2.45) is 11.7 Å². The molecular formula is C12H16F3NO. The molecule has 1 rings (SSSR count). The van der Waals surface area contributed by atoms with E-state index in [0.29, 0.717) is 12.2 Å². The third kappa shape index (κ3) is 6.16. The predicted molar refractivity (Wildman–Crippen MR) is 59.8 cm³/mol. The Hall–Kier alpha value is -1.23. The maximum atomic E-state index is 12.1. The van der Waals surface area contributed by atoms with Crippen LogP contribution >= 0.6 is 0 Å². The highest BCUT2D eigenvalue weighted by Crippen LogP contribution is 2.26. The summed E-state index contributed by atoms with van der Waals surface area (Å²) in [7, 11) is 0. The molecular weight excluding hydrogens is 231 g/mol. The normalized spacial score (nSPS) is 13.4. The average molecular weight is 247 g/mol. The molecule has 0 heterocycles. The summed E-state index contributed by atoms with van der Waals surface area (Å²) in [6.07, 6.45) is -4.69. The van der Waals surface area contributed by atoms with Crippen molar-refractivity contribution in [3.05, 3.63) is 30.3 Å². The first kappa shape index (κ1) is 13.8. The topological polar surface area (TPSA) is 35.2 Å². The third-order valence-corrected chi connectivity index (χ3v) is 2.39. The Bertz CT molecular complexity index is 313. The zero-order chi connectivity index (χ0) is 12.7. The summed E-state index contributed by atoms with van der Waals surface area (Å²) in [6.45, 7) is 0.277. The lowest BCUT2D eigenvalue weighted by atomic mass is 10.0. The number of nitrogens with two attached hydrogens (primary N) is 1. The van der Waals surface area contributed by atoms with Crippen LogP contribution in [0, 0.1) is 5.92 Å². The van der Waals surface area contributed by atoms with Crippen molar-refractivity contribution >= 4 is 0 Å². The molecule has 0 amide bonds. The van der Waals surface area contributed by atoms with Gasteiger partial charge in [0.05, 0.1) is 6.61 Å². The molecule has 0 bridgehead atoms. The lowest BCUT2D eigenvalue weighted by Gasteiger charge is -2.16. The van der Waals surface area contributed by atoms with E-state index in [1.165, 1.54) is 0 Å². The number of rotatable bonds is 6. The lowest BCUT2D eigenvalue weighted by Crippen LogP contribution is -2.23. The van der Waals surface area contributed by atoms with Crippen molar-refractivity contribution in [1.82, 2.24) is 0 Å². The second-order valence-corrected chi connectivity index (χ2v) is 3.87. The van der Waals surface area contributed by atoms with E-state index >= 15 is 0 Å². The standard InChI is InChI=1S/C12H16F3NO/c13-12(14,15)8-10(9-16)6-7-17-11-4-2-1-3-5-11/h1-5,10H,6-9,16H2. The highest BCUT2D eigenvalue weighted by molar-refractivity contribution is 5.20. The SMILES string of the molecule is NCC(CCOc1ccccc1)CC(F)(F)F. The fourth-order valence-corrected chi connectivity index (χ4v) is 1.49. The van der Waals surface area contributed by atoms with Crippen LogP contribution in [0.3, 0.4) is 0 Å². The zero-order valence-corrected chi connectivity index (χ0v) is 9.41. The largest absolute Gasteiger partial charge is 0.494 e. The van der Waals surface area contributed by atoms with Gasteiger partial charge < -0.3 is 10.5 Å². The van der Waals surface area contributed by atoms with E-state index in [1.807, 2.05) is 18.2 Å². The van der Waals surface area contributed by atoms with Gasteiger partial charge in [0.25, 0.3) is 0 Å². The average Bonchev–Trinajstić information content (AvgIpc) is 2.27. The van der Waals surface area contributed by atoms with Gasteiger partial charge in [0.1, 0.15) is 5.75 Å². The molecule has 0 aromatic heterocycles. The summed E-state index contributed by atoms with van der Waals surface area (Å²) in [5.41, 5.74) is 5.30. The highest BCUT2D eigenvalue weighted by Gasteiger charge is 2.31. The second-order valence-electron chi connectivity index (χ2n) is 3.87. The van der Waals surface area contributed by atoms with Gasteiger partial charge in [0.15, 0.2) is 0 Å². The van der Waals surface area contributed by atoms with Gasteiger partial charge in [-0.05, 0) is 31.0 Å². The van der Waals surface area contributed by atoms with E-state index in [0.717, 1.165) is 0 Å². The first-order valence-corrected chi connectivity index (χ1v) is 5.46. The van der Waals surface area contributed by atoms with Crippen LogP contribution in [0.1, 0.15) is 12.8 Å². The molecule has 17 heavy (non-hydrogen) atoms. The summed E-state index contributed by atoms with van der Waals surface area (Å²) >= 11 is 0. The van der Waals surface area contributed by atoms with E-state index in [-0.39, 0.29) is 13.2 Å². The molecule has 0 fully saturated rings. The molecule has 2 N–H and O–H groups in total. The first-order chi connectivity index (χ1) is 8.01. The van der Waals surface area contributed by atoms with E-state index < -0.39 is 18.5 Å². The van der Waals surface area contributed by atoms with Crippen LogP contribution in [-0.4, -0.2) is 19.3 Å². The quantitative estimate of drug-likeness (QED) is 0.838. The summed E-state index contributed by atoms with van der Waals surface area (Å²) in [5, 5.41) is 0. The number of benzene rings is 1. The fraction of sp³-hybridized carbons (Fsp3) is 0.500. The van der Waals surface area contributed by atoms with E-state index in [4.69, 9.17) is 10.5 Å². The van der Waals surface area contributed by atoms with Crippen LogP contribution in [0.2, 0.25) is 0 Å². The molecule has 96 valence electrons. The van der Waals surface area contributed by atoms with Crippen molar-refractivity contribution in [2.75, 3.05) is 13.2 Å². The van der Waals surface area contributed by atoms with Crippen molar-refractivity contribution in [2.45, 2.75) is 19.0 Å². The smallest absolute Gasteiger partial charge is 0.389 e. The molecule has 0 spiro atoms. The first-order valence-electron chi connectivity index (χ1n) is 5.46. The molecule has 1 unspecified atom stereocenters. The third-order valence-electron chi connectivity index (χ3n) is 2.39. The molecule has 5 heteroatoms. The molecule has 0 radical (unpaired) electrons. The van der Waals surface area contributed by atoms with Gasteiger partial charge in [-0.3, -0.25) is 0 Å². The van der Waals surface area contributed by atoms with Crippen LogP contribution in [0.25, 0.3) is 0 Å². The molecule has 0 saturated carbocycles. The zero-order valence-electron chi connectivity index (χ0n) is 9.41. The number of hydrogen-bond acceptors (Lipinski definition) is 2. The van der Waals surface area contributed by atoms with Crippen LogP contribution in [0.15, 0.2) is 30.3 Å². The molecule has 1 atom stereocenters. The maximum absolute atomic E-state index is 12.1. The van der Waals surface area contributed by atoms with Crippen LogP contribution < -0.4 is 10.5 Å².